The van der Waals surface area contributed by atoms with Gasteiger partial charge in [-0.15, -0.1) is 0 Å². The molecule has 0 aliphatic rings. The van der Waals surface area contributed by atoms with E-state index in [9.17, 15) is 4.79 Å². The number of nitrogens with one attached hydrogen (secondary N) is 1. The van der Waals surface area contributed by atoms with Gasteiger partial charge in [0, 0.05) is 13.1 Å². The van der Waals surface area contributed by atoms with Gasteiger partial charge in [0.05, 0.1) is 0 Å². The van der Waals surface area contributed by atoms with Crippen LogP contribution in [-0.4, -0.2) is 13.0 Å². The van der Waals surface area contributed by atoms with Gasteiger partial charge in [0.25, 0.3) is 0 Å². The summed E-state index contributed by atoms with van der Waals surface area (Å²) >= 11 is 0. The van der Waals surface area contributed by atoms with Crippen LogP contribution in [0.4, 0.5) is 0 Å². The maximum Gasteiger partial charge on any atom is 0.243 e. The molecule has 0 fully saturated rings. The van der Waals surface area contributed by atoms with Crippen LogP contribution in [0.15, 0.2) is 24.3 Å². The van der Waals surface area contributed by atoms with E-state index in [2.05, 4.69) is 5.32 Å². The summed E-state index contributed by atoms with van der Waals surface area (Å²) in [6.07, 6.45) is 6.83. The van der Waals surface area contributed by atoms with Crippen LogP contribution >= 0.6 is 0 Å². The van der Waals surface area contributed by atoms with E-state index in [-0.39, 0.29) is 5.91 Å². The molecule has 2 nitrogen and oxygen atoms in total. The lowest BCUT2D eigenvalue weighted by molar-refractivity contribution is -0.116. The first-order chi connectivity index (χ1) is 4.31. The molecule has 0 aliphatic heterocycles. The Bertz CT molecular complexity index is 136. The lowest BCUT2D eigenvalue weighted by Crippen LogP contribution is -2.13. The van der Waals surface area contributed by atoms with Gasteiger partial charge < -0.3 is 5.32 Å². The summed E-state index contributed by atoms with van der Waals surface area (Å²) in [5.74, 6) is -0.0758. The molecule has 0 bridgehead atoms. The zero-order valence-electron chi connectivity index (χ0n) is 5.72. The molecule has 0 saturated carbocycles. The van der Waals surface area contributed by atoms with E-state index in [1.165, 1.54) is 6.08 Å². The van der Waals surface area contributed by atoms with Gasteiger partial charge in [-0.2, -0.15) is 0 Å². The molecule has 1 N–H and O–H groups in total. The van der Waals surface area contributed by atoms with Gasteiger partial charge in [-0.3, -0.25) is 4.79 Å². The minimum Gasteiger partial charge on any atom is -0.356 e. The molecule has 0 aliphatic carbocycles. The van der Waals surface area contributed by atoms with Crippen molar-refractivity contribution in [3.8, 4) is 0 Å². The second-order valence-electron chi connectivity index (χ2n) is 1.50. The molecule has 0 radical (unpaired) electrons. The summed E-state index contributed by atoms with van der Waals surface area (Å²) in [6.45, 7) is 1.90. The molecule has 0 aromatic rings. The molecule has 50 valence electrons. The molecule has 0 aromatic heterocycles. The first kappa shape index (κ1) is 7.95. The van der Waals surface area contributed by atoms with Crippen molar-refractivity contribution >= 4 is 5.91 Å². The molecule has 2 heteroatoms. The smallest absolute Gasteiger partial charge is 0.243 e. The highest BCUT2D eigenvalue weighted by atomic mass is 16.1. The topological polar surface area (TPSA) is 29.1 Å². The number of hydrogen-bond donors (Lipinski definition) is 1. The fourth-order valence-corrected chi connectivity index (χ4v) is 0.337. The Kier molecular flexibility index (Phi) is 4.50. The fraction of sp³-hybridized carbons (Fsp3) is 0.286. The molecule has 0 aromatic carbocycles. The van der Waals surface area contributed by atoms with E-state index in [4.69, 9.17) is 0 Å². The molecular weight excluding hydrogens is 114 g/mol. The van der Waals surface area contributed by atoms with Crippen molar-refractivity contribution in [2.24, 2.45) is 0 Å². The van der Waals surface area contributed by atoms with Crippen LogP contribution in [-0.2, 0) is 4.79 Å². The number of likely N-dealkylation sites (N-methyl/N-ethyl adjacent to an activating group) is 1. The average Bonchev–Trinajstić information content (AvgIpc) is 1.89. The largest absolute Gasteiger partial charge is 0.356 e. The lowest BCUT2D eigenvalue weighted by Gasteiger charge is -1.85. The fourth-order valence-electron chi connectivity index (χ4n) is 0.337. The molecule has 0 saturated heterocycles. The van der Waals surface area contributed by atoms with Crippen LogP contribution in [0.2, 0.25) is 0 Å². The van der Waals surface area contributed by atoms with Gasteiger partial charge in [-0.1, -0.05) is 18.2 Å². The van der Waals surface area contributed by atoms with Crippen molar-refractivity contribution in [3.05, 3.63) is 24.3 Å². The van der Waals surface area contributed by atoms with Crippen LogP contribution in [0.25, 0.3) is 0 Å². The monoisotopic (exact) mass is 125 g/mol. The third-order valence-corrected chi connectivity index (χ3v) is 0.798. The average molecular weight is 125 g/mol. The summed E-state index contributed by atoms with van der Waals surface area (Å²) in [7, 11) is 1.60. The molecule has 1 amide bonds. The van der Waals surface area contributed by atoms with E-state index in [1.54, 1.807) is 19.2 Å². The van der Waals surface area contributed by atoms with Crippen molar-refractivity contribution in [1.29, 1.82) is 0 Å². The first-order valence-electron chi connectivity index (χ1n) is 2.82. The lowest BCUT2D eigenvalue weighted by atomic mass is 10.4. The second-order valence-corrected chi connectivity index (χ2v) is 1.50. The number of rotatable bonds is 2. The van der Waals surface area contributed by atoms with Gasteiger partial charge >= 0.3 is 0 Å². The number of hydrogen-bond acceptors (Lipinski definition) is 1. The molecule has 0 atom stereocenters. The quantitative estimate of drug-likeness (QED) is 0.430. The van der Waals surface area contributed by atoms with E-state index < -0.39 is 0 Å². The van der Waals surface area contributed by atoms with E-state index in [1.807, 2.05) is 13.0 Å². The third-order valence-electron chi connectivity index (χ3n) is 0.798. The number of carbonyl (C=O) groups excluding carboxylic acids is 1. The summed E-state index contributed by atoms with van der Waals surface area (Å²) in [5.41, 5.74) is 0. The van der Waals surface area contributed by atoms with E-state index >= 15 is 0 Å². The minimum absolute atomic E-state index is 0.0758. The van der Waals surface area contributed by atoms with Gasteiger partial charge in [-0.25, -0.2) is 0 Å². The van der Waals surface area contributed by atoms with Gasteiger partial charge in [-0.05, 0) is 6.92 Å². The standard InChI is InChI=1S/C7H11NO/c1-3-4-5-6-7(9)8-2/h3-6H,1-2H3,(H,8,9)/b4-3+,6-5+. The Morgan fingerprint density at radius 1 is 1.44 bits per heavy atom. The zero-order valence-corrected chi connectivity index (χ0v) is 5.72. The SMILES string of the molecule is C/C=C/C=C/C(=O)NC. The second kappa shape index (κ2) is 5.09. The molecule has 0 rings (SSSR count). The van der Waals surface area contributed by atoms with E-state index in [0.717, 1.165) is 0 Å². The Hall–Kier alpha value is -1.05. The van der Waals surface area contributed by atoms with Crippen molar-refractivity contribution in [2.45, 2.75) is 6.92 Å². The highest BCUT2D eigenvalue weighted by molar-refractivity contribution is 5.87. The summed E-state index contributed by atoms with van der Waals surface area (Å²) in [6, 6.07) is 0. The van der Waals surface area contributed by atoms with Crippen molar-refractivity contribution in [1.82, 2.24) is 5.32 Å². The Balaban J connectivity index is 3.57. The predicted octanol–water partition coefficient (Wildman–Crippen LogP) is 0.865. The number of carbonyl (C=O) groups is 1. The van der Waals surface area contributed by atoms with Crippen molar-refractivity contribution in [3.63, 3.8) is 0 Å². The Morgan fingerprint density at radius 3 is 2.56 bits per heavy atom. The molecule has 0 spiro atoms. The predicted molar refractivity (Wildman–Crippen MR) is 38.0 cm³/mol. The highest BCUT2D eigenvalue weighted by Crippen LogP contribution is 1.74. The van der Waals surface area contributed by atoms with Crippen molar-refractivity contribution < 1.29 is 4.79 Å². The maximum atomic E-state index is 10.5. The minimum atomic E-state index is -0.0758. The van der Waals surface area contributed by atoms with Crippen LogP contribution in [0.5, 0.6) is 0 Å². The highest BCUT2D eigenvalue weighted by Gasteiger charge is 1.82. The molecular formula is C7H11NO. The van der Waals surface area contributed by atoms with Crippen LogP contribution < -0.4 is 5.32 Å². The molecule has 0 heterocycles. The Morgan fingerprint density at radius 2 is 2.11 bits per heavy atom. The van der Waals surface area contributed by atoms with Crippen LogP contribution in [0, 0.1) is 0 Å². The number of amides is 1. The van der Waals surface area contributed by atoms with E-state index in [0.29, 0.717) is 0 Å². The summed E-state index contributed by atoms with van der Waals surface area (Å²) in [5, 5.41) is 2.46. The summed E-state index contributed by atoms with van der Waals surface area (Å²) in [4.78, 5) is 10.5. The molecule has 0 unspecified atom stereocenters. The van der Waals surface area contributed by atoms with Gasteiger partial charge in [0.1, 0.15) is 0 Å². The Labute approximate surface area is 55.3 Å². The van der Waals surface area contributed by atoms with Crippen molar-refractivity contribution in [2.75, 3.05) is 7.05 Å². The number of allylic oxidation sites excluding steroid dienone is 3. The first-order valence-corrected chi connectivity index (χ1v) is 2.82. The van der Waals surface area contributed by atoms with Gasteiger partial charge in [0.15, 0.2) is 0 Å². The van der Waals surface area contributed by atoms with Crippen LogP contribution in [0.1, 0.15) is 6.92 Å². The normalized spacial score (nSPS) is 10.9. The van der Waals surface area contributed by atoms with Gasteiger partial charge in [0.2, 0.25) is 5.91 Å². The summed E-state index contributed by atoms with van der Waals surface area (Å²) < 4.78 is 0. The third kappa shape index (κ3) is 4.81. The molecule has 9 heavy (non-hydrogen) atoms. The van der Waals surface area contributed by atoms with Crippen LogP contribution in [0.3, 0.4) is 0 Å². The zero-order chi connectivity index (χ0) is 7.11. The maximum absolute atomic E-state index is 10.5.